The standard InChI is InChI=1S/C61H102O12/c1-4-7-10-13-16-19-22-24-26-27-29-30-33-35-38-41-44-47-53(62)69-50-52(71-54(63)48-45-42-39-36-32-21-18-15-12-9-6-3)51-70-61-59(57(66)56(65)58(73-61)60(67)68)72-55(64)49-46-43-40-37-34-31-28-25-23-20-17-14-11-8-5-2/h8,11,15,17-18,20,24-26,28,34,37,52,56-59,61,65-66H,4-7,9-10,12-14,16,19,21-23,27,29-33,35-36,38-51H2,1-3H3,(H,67,68)/b11-8-,18-15-,20-17-,26-24-,28-25-,37-34-. The number of carboxylic acids is 1. The molecular formula is C61H102O12. The number of allylic oxidation sites excluding steroid dienone is 12. The maximum atomic E-state index is 13.1. The first-order valence-corrected chi connectivity index (χ1v) is 28.9. The fourth-order valence-corrected chi connectivity index (χ4v) is 8.27. The maximum absolute atomic E-state index is 13.1. The lowest BCUT2D eigenvalue weighted by atomic mass is 9.98. The number of carbonyl (C=O) groups is 4. The molecule has 12 nitrogen and oxygen atoms in total. The van der Waals surface area contributed by atoms with E-state index in [9.17, 15) is 34.5 Å². The number of hydrogen-bond acceptors (Lipinski definition) is 11. The number of aliphatic carboxylic acids is 1. The summed E-state index contributed by atoms with van der Waals surface area (Å²) in [5.74, 6) is -3.19. The molecule has 1 saturated heterocycles. The lowest BCUT2D eigenvalue weighted by Gasteiger charge is -2.40. The first kappa shape index (κ1) is 67.2. The Morgan fingerprint density at radius 2 is 0.877 bits per heavy atom. The Kier molecular flexibility index (Phi) is 45.1. The fraction of sp³-hybridized carbons (Fsp3) is 0.738. The maximum Gasteiger partial charge on any atom is 0.335 e. The van der Waals surface area contributed by atoms with Crippen molar-refractivity contribution in [2.24, 2.45) is 0 Å². The molecular weight excluding hydrogens is 925 g/mol. The summed E-state index contributed by atoms with van der Waals surface area (Å²) in [5, 5.41) is 31.4. The average Bonchev–Trinajstić information content (AvgIpc) is 3.37. The van der Waals surface area contributed by atoms with Crippen molar-refractivity contribution in [3.05, 3.63) is 72.9 Å². The minimum atomic E-state index is -1.92. The van der Waals surface area contributed by atoms with E-state index in [0.29, 0.717) is 25.7 Å². The van der Waals surface area contributed by atoms with Crippen LogP contribution in [-0.4, -0.2) is 89.2 Å². The smallest absolute Gasteiger partial charge is 0.335 e. The molecule has 1 rings (SSSR count). The monoisotopic (exact) mass is 1030 g/mol. The molecule has 12 heteroatoms. The third kappa shape index (κ3) is 39.3. The molecule has 0 saturated carbocycles. The zero-order valence-electron chi connectivity index (χ0n) is 45.9. The van der Waals surface area contributed by atoms with Crippen molar-refractivity contribution < 1.29 is 58.2 Å². The molecule has 1 fully saturated rings. The Morgan fingerprint density at radius 3 is 1.40 bits per heavy atom. The number of aliphatic hydroxyl groups is 2. The fourth-order valence-electron chi connectivity index (χ4n) is 8.27. The number of esters is 3. The van der Waals surface area contributed by atoms with Gasteiger partial charge in [0.05, 0.1) is 6.61 Å². The van der Waals surface area contributed by atoms with E-state index in [1.807, 2.05) is 0 Å². The second kappa shape index (κ2) is 49.1. The van der Waals surface area contributed by atoms with Crippen molar-refractivity contribution in [2.45, 2.75) is 276 Å². The number of aliphatic hydroxyl groups excluding tert-OH is 2. The minimum absolute atomic E-state index is 0.00541. The van der Waals surface area contributed by atoms with E-state index in [2.05, 4.69) is 93.7 Å². The zero-order valence-corrected chi connectivity index (χ0v) is 45.9. The van der Waals surface area contributed by atoms with Crippen LogP contribution in [0.15, 0.2) is 72.9 Å². The lowest BCUT2D eigenvalue weighted by Crippen LogP contribution is -2.61. The van der Waals surface area contributed by atoms with Crippen molar-refractivity contribution >= 4 is 23.9 Å². The number of ether oxygens (including phenoxy) is 5. The van der Waals surface area contributed by atoms with Gasteiger partial charge < -0.3 is 39.0 Å². The van der Waals surface area contributed by atoms with Gasteiger partial charge in [0.1, 0.15) is 18.8 Å². The summed E-state index contributed by atoms with van der Waals surface area (Å²) in [6.07, 6.45) is 48.8. The SMILES string of the molecule is CC/C=C\C/C=C\C/C=C\C/C=C\CCCCC(=O)OC1C(OCC(COC(=O)CCCCCCCCC/C=C\CCCCCCCC)OC(=O)CCCCCCC/C=C\CCCC)OC(C(=O)O)C(O)C1O. The Hall–Kier alpha value is -3.84. The minimum Gasteiger partial charge on any atom is -0.479 e. The third-order valence-corrected chi connectivity index (χ3v) is 12.7. The largest absolute Gasteiger partial charge is 0.479 e. The molecule has 1 heterocycles. The van der Waals surface area contributed by atoms with Crippen LogP contribution in [0.3, 0.4) is 0 Å². The van der Waals surface area contributed by atoms with Crippen LogP contribution in [0, 0.1) is 0 Å². The van der Waals surface area contributed by atoms with E-state index in [1.54, 1.807) is 0 Å². The lowest BCUT2D eigenvalue weighted by molar-refractivity contribution is -0.301. The Bertz CT molecular complexity index is 1550. The third-order valence-electron chi connectivity index (χ3n) is 12.7. The molecule has 0 aromatic carbocycles. The van der Waals surface area contributed by atoms with Gasteiger partial charge in [-0.25, -0.2) is 4.79 Å². The second-order valence-electron chi connectivity index (χ2n) is 19.5. The molecule has 0 radical (unpaired) electrons. The first-order valence-electron chi connectivity index (χ1n) is 28.9. The van der Waals surface area contributed by atoms with Crippen LogP contribution < -0.4 is 0 Å². The molecule has 418 valence electrons. The van der Waals surface area contributed by atoms with Gasteiger partial charge in [0.2, 0.25) is 0 Å². The molecule has 3 N–H and O–H groups in total. The summed E-state index contributed by atoms with van der Waals surface area (Å²) in [5.41, 5.74) is 0. The summed E-state index contributed by atoms with van der Waals surface area (Å²) < 4.78 is 28.3. The van der Waals surface area contributed by atoms with Crippen LogP contribution >= 0.6 is 0 Å². The van der Waals surface area contributed by atoms with E-state index in [1.165, 1.54) is 77.0 Å². The molecule has 0 amide bonds. The van der Waals surface area contributed by atoms with Crippen LogP contribution in [0.2, 0.25) is 0 Å². The van der Waals surface area contributed by atoms with Gasteiger partial charge >= 0.3 is 23.9 Å². The van der Waals surface area contributed by atoms with Gasteiger partial charge in [-0.1, -0.05) is 190 Å². The van der Waals surface area contributed by atoms with Crippen molar-refractivity contribution in [3.8, 4) is 0 Å². The number of carboxylic acid groups (broad SMARTS) is 1. The summed E-state index contributed by atoms with van der Waals surface area (Å²) in [7, 11) is 0. The van der Waals surface area contributed by atoms with Gasteiger partial charge in [-0.15, -0.1) is 0 Å². The summed E-state index contributed by atoms with van der Waals surface area (Å²) in [6, 6.07) is 0. The highest BCUT2D eigenvalue weighted by molar-refractivity contribution is 5.74. The highest BCUT2D eigenvalue weighted by atomic mass is 16.7. The summed E-state index contributed by atoms with van der Waals surface area (Å²) in [6.45, 7) is 5.80. The highest BCUT2D eigenvalue weighted by Crippen LogP contribution is 2.26. The van der Waals surface area contributed by atoms with Crippen molar-refractivity contribution in [3.63, 3.8) is 0 Å². The van der Waals surface area contributed by atoms with Gasteiger partial charge in [0, 0.05) is 19.3 Å². The predicted octanol–water partition coefficient (Wildman–Crippen LogP) is 14.6. The molecule has 0 aromatic heterocycles. The number of unbranched alkanes of at least 4 members (excludes halogenated alkanes) is 22. The van der Waals surface area contributed by atoms with E-state index in [-0.39, 0.29) is 25.9 Å². The quantitative estimate of drug-likeness (QED) is 0.0228. The molecule has 0 aromatic rings. The highest BCUT2D eigenvalue weighted by Gasteiger charge is 2.50. The van der Waals surface area contributed by atoms with E-state index >= 15 is 0 Å². The predicted molar refractivity (Wildman–Crippen MR) is 294 cm³/mol. The van der Waals surface area contributed by atoms with E-state index in [0.717, 1.165) is 96.3 Å². The van der Waals surface area contributed by atoms with Crippen LogP contribution in [-0.2, 0) is 42.9 Å². The van der Waals surface area contributed by atoms with Crippen LogP contribution in [0.4, 0.5) is 0 Å². The number of hydrogen-bond donors (Lipinski definition) is 3. The molecule has 1 aliphatic heterocycles. The van der Waals surface area contributed by atoms with Crippen LogP contribution in [0.5, 0.6) is 0 Å². The van der Waals surface area contributed by atoms with Gasteiger partial charge in [0.25, 0.3) is 0 Å². The van der Waals surface area contributed by atoms with Gasteiger partial charge in [-0.3, -0.25) is 14.4 Å². The molecule has 0 spiro atoms. The van der Waals surface area contributed by atoms with Crippen LogP contribution in [0.1, 0.15) is 239 Å². The summed E-state index contributed by atoms with van der Waals surface area (Å²) >= 11 is 0. The molecule has 6 unspecified atom stereocenters. The first-order chi connectivity index (χ1) is 35.6. The van der Waals surface area contributed by atoms with Crippen molar-refractivity contribution in [1.82, 2.24) is 0 Å². The molecule has 1 aliphatic rings. The molecule has 0 aliphatic carbocycles. The Morgan fingerprint density at radius 1 is 0.466 bits per heavy atom. The molecule has 0 bridgehead atoms. The zero-order chi connectivity index (χ0) is 53.3. The molecule has 73 heavy (non-hydrogen) atoms. The van der Waals surface area contributed by atoms with Gasteiger partial charge in [-0.05, 0) is 103 Å². The normalized spacial score (nSPS) is 18.8. The number of rotatable bonds is 48. The number of carbonyl (C=O) groups excluding carboxylic acids is 3. The van der Waals surface area contributed by atoms with E-state index in [4.69, 9.17) is 23.7 Å². The second-order valence-corrected chi connectivity index (χ2v) is 19.5. The van der Waals surface area contributed by atoms with Crippen molar-refractivity contribution in [2.75, 3.05) is 13.2 Å². The topological polar surface area (TPSA) is 175 Å². The van der Waals surface area contributed by atoms with Crippen molar-refractivity contribution in [1.29, 1.82) is 0 Å². The molecule has 6 atom stereocenters. The average molecular weight is 1030 g/mol. The van der Waals surface area contributed by atoms with Gasteiger partial charge in [-0.2, -0.15) is 0 Å². The van der Waals surface area contributed by atoms with Gasteiger partial charge in [0.15, 0.2) is 24.6 Å². The summed E-state index contributed by atoms with van der Waals surface area (Å²) in [4.78, 5) is 51.0. The Balaban J connectivity index is 2.71. The Labute approximate surface area is 442 Å². The van der Waals surface area contributed by atoms with E-state index < -0.39 is 67.3 Å². The van der Waals surface area contributed by atoms with Crippen LogP contribution in [0.25, 0.3) is 0 Å².